The largest absolute Gasteiger partial charge is 0.369 e. The lowest BCUT2D eigenvalue weighted by Gasteiger charge is -2.31. The molecule has 0 amide bonds. The molecule has 0 spiro atoms. The average molecular weight is 318 g/mol. The first-order valence-electron chi connectivity index (χ1n) is 5.85. The smallest absolute Gasteiger partial charge is 0.368 e. The number of nitrogens with one attached hydrogen (secondary N) is 1. The molecule has 0 aliphatic carbocycles. The molecule has 0 unspecified atom stereocenters. The second kappa shape index (κ2) is 6.30. The van der Waals surface area contributed by atoms with Gasteiger partial charge in [-0.2, -0.15) is 0 Å². The summed E-state index contributed by atoms with van der Waals surface area (Å²) in [6.07, 6.45) is -0.557. The second-order valence-electron chi connectivity index (χ2n) is 4.56. The molecule has 1 saturated heterocycles. The summed E-state index contributed by atoms with van der Waals surface area (Å²) in [5, 5.41) is 9.50. The summed E-state index contributed by atoms with van der Waals surface area (Å²) in [7, 11) is -10.6. The van der Waals surface area contributed by atoms with Crippen molar-refractivity contribution in [3.8, 4) is 0 Å². The molecule has 1 fully saturated rings. The topological polar surface area (TPSA) is 151 Å². The molecule has 9 nitrogen and oxygen atoms in total. The number of aliphatic hydroxyl groups is 1. The molecule has 0 atom stereocenters. The van der Waals surface area contributed by atoms with Gasteiger partial charge in [-0.3, -0.25) is 9.13 Å². The van der Waals surface area contributed by atoms with Crippen molar-refractivity contribution in [1.82, 2.24) is 10.2 Å². The molecule has 114 valence electrons. The third kappa shape index (κ3) is 4.32. The maximum absolute atomic E-state index is 11.1. The second-order valence-corrected chi connectivity index (χ2v) is 8.57. The van der Waals surface area contributed by atoms with E-state index in [2.05, 4.69) is 5.32 Å². The van der Waals surface area contributed by atoms with Crippen molar-refractivity contribution in [3.05, 3.63) is 0 Å². The zero-order chi connectivity index (χ0) is 14.7. The summed E-state index contributed by atoms with van der Waals surface area (Å²) in [6.45, 7) is 3.51. The van der Waals surface area contributed by atoms with E-state index in [0.717, 1.165) is 26.2 Å². The molecule has 1 aliphatic rings. The Kier molecular flexibility index (Phi) is 5.72. The van der Waals surface area contributed by atoms with Crippen molar-refractivity contribution in [3.63, 3.8) is 0 Å². The van der Waals surface area contributed by atoms with E-state index in [1.807, 2.05) is 4.90 Å². The summed E-state index contributed by atoms with van der Waals surface area (Å²) < 4.78 is 22.2. The van der Waals surface area contributed by atoms with Crippen LogP contribution in [0.1, 0.15) is 12.8 Å². The highest BCUT2D eigenvalue weighted by molar-refractivity contribution is 7.72. The SMILES string of the molecule is O=P(O)(O)C(O)(CCCN1CCNCC1)P(=O)(O)O. The summed E-state index contributed by atoms with van der Waals surface area (Å²) in [6, 6.07) is 0. The monoisotopic (exact) mass is 318 g/mol. The van der Waals surface area contributed by atoms with Crippen LogP contribution in [0.25, 0.3) is 0 Å². The molecular weight excluding hydrogens is 298 g/mol. The van der Waals surface area contributed by atoms with Gasteiger partial charge < -0.3 is 34.9 Å². The highest BCUT2D eigenvalue weighted by Gasteiger charge is 2.58. The van der Waals surface area contributed by atoms with Crippen molar-refractivity contribution in [2.75, 3.05) is 32.7 Å². The molecular formula is C8H20N2O7P2. The lowest BCUT2D eigenvalue weighted by molar-refractivity contribution is 0.115. The highest BCUT2D eigenvalue weighted by Crippen LogP contribution is 2.69. The van der Waals surface area contributed by atoms with Gasteiger partial charge in [0.2, 0.25) is 0 Å². The van der Waals surface area contributed by atoms with Gasteiger partial charge in [0.15, 0.2) is 0 Å². The minimum atomic E-state index is -5.32. The fourth-order valence-corrected chi connectivity index (χ4v) is 4.19. The Morgan fingerprint density at radius 2 is 1.53 bits per heavy atom. The maximum atomic E-state index is 11.1. The number of piperazine rings is 1. The first-order valence-corrected chi connectivity index (χ1v) is 9.07. The van der Waals surface area contributed by atoms with Crippen LogP contribution in [0, 0.1) is 0 Å². The normalized spacial score (nSPS) is 19.6. The zero-order valence-electron chi connectivity index (χ0n) is 10.3. The quantitative estimate of drug-likeness (QED) is 0.327. The lowest BCUT2D eigenvalue weighted by Crippen LogP contribution is -2.44. The Morgan fingerprint density at radius 3 is 1.95 bits per heavy atom. The third-order valence-electron chi connectivity index (χ3n) is 3.13. The standard InChI is InChI=1S/C8H20N2O7P2/c11-8(18(12,13)14,19(15,16)17)2-1-5-10-6-3-9-4-7-10/h9,11H,1-7H2,(H2,12,13,14)(H2,15,16,17). The number of hydrogen-bond acceptors (Lipinski definition) is 5. The number of nitrogens with zero attached hydrogens (tertiary/aromatic N) is 1. The molecule has 1 heterocycles. The molecule has 1 aliphatic heterocycles. The van der Waals surface area contributed by atoms with E-state index in [4.69, 9.17) is 19.6 Å². The van der Waals surface area contributed by atoms with Gasteiger partial charge in [0, 0.05) is 32.6 Å². The molecule has 0 bridgehead atoms. The van der Waals surface area contributed by atoms with Crippen LogP contribution in [0.15, 0.2) is 0 Å². The molecule has 6 N–H and O–H groups in total. The minimum Gasteiger partial charge on any atom is -0.368 e. The summed E-state index contributed by atoms with van der Waals surface area (Å²) in [5.41, 5.74) is 0. The lowest BCUT2D eigenvalue weighted by atomic mass is 10.2. The van der Waals surface area contributed by atoms with Gasteiger partial charge in [-0.15, -0.1) is 0 Å². The van der Waals surface area contributed by atoms with Gasteiger partial charge in [-0.05, 0) is 13.0 Å². The van der Waals surface area contributed by atoms with Gasteiger partial charge in [0.25, 0.3) is 5.08 Å². The van der Waals surface area contributed by atoms with E-state index in [-0.39, 0.29) is 6.42 Å². The third-order valence-corrected chi connectivity index (χ3v) is 7.01. The number of hydrogen-bond donors (Lipinski definition) is 6. The van der Waals surface area contributed by atoms with Gasteiger partial charge in [0.05, 0.1) is 0 Å². The van der Waals surface area contributed by atoms with Crippen LogP contribution in [0.5, 0.6) is 0 Å². The highest BCUT2D eigenvalue weighted by atomic mass is 31.2. The van der Waals surface area contributed by atoms with Gasteiger partial charge >= 0.3 is 15.2 Å². The molecule has 0 saturated carbocycles. The molecule has 0 aromatic heterocycles. The van der Waals surface area contributed by atoms with Crippen LogP contribution in [0.4, 0.5) is 0 Å². The van der Waals surface area contributed by atoms with Gasteiger partial charge in [-0.25, -0.2) is 0 Å². The van der Waals surface area contributed by atoms with Crippen LogP contribution in [-0.4, -0.2) is 67.4 Å². The predicted octanol–water partition coefficient (Wildman–Crippen LogP) is -1.33. The van der Waals surface area contributed by atoms with Crippen LogP contribution < -0.4 is 5.32 Å². The van der Waals surface area contributed by atoms with E-state index in [1.165, 1.54) is 0 Å². The van der Waals surface area contributed by atoms with Crippen LogP contribution in [-0.2, 0) is 9.13 Å². The van der Waals surface area contributed by atoms with Crippen LogP contribution in [0.2, 0.25) is 0 Å². The first kappa shape index (κ1) is 17.2. The molecule has 19 heavy (non-hydrogen) atoms. The summed E-state index contributed by atoms with van der Waals surface area (Å²) >= 11 is 0. The molecule has 0 aromatic rings. The van der Waals surface area contributed by atoms with Crippen molar-refractivity contribution >= 4 is 15.2 Å². The Labute approximate surface area is 110 Å². The van der Waals surface area contributed by atoms with Crippen LogP contribution in [0.3, 0.4) is 0 Å². The molecule has 1 rings (SSSR count). The Hall–Kier alpha value is 0.180. The van der Waals surface area contributed by atoms with E-state index in [1.54, 1.807) is 0 Å². The molecule has 11 heteroatoms. The summed E-state index contributed by atoms with van der Waals surface area (Å²) in [5.74, 6) is 0. The number of rotatable bonds is 6. The fraction of sp³-hybridized carbons (Fsp3) is 1.00. The Balaban J connectivity index is 2.60. The van der Waals surface area contributed by atoms with Gasteiger partial charge in [-0.1, -0.05) is 0 Å². The van der Waals surface area contributed by atoms with E-state index in [9.17, 15) is 14.2 Å². The molecule has 0 radical (unpaired) electrons. The van der Waals surface area contributed by atoms with Crippen LogP contribution >= 0.6 is 15.2 Å². The predicted molar refractivity (Wildman–Crippen MR) is 67.6 cm³/mol. The van der Waals surface area contributed by atoms with E-state index >= 15 is 0 Å². The van der Waals surface area contributed by atoms with Gasteiger partial charge in [0.1, 0.15) is 0 Å². The van der Waals surface area contributed by atoms with E-state index in [0.29, 0.717) is 6.54 Å². The first-order chi connectivity index (χ1) is 8.58. The average Bonchev–Trinajstić information content (AvgIpc) is 2.27. The maximum Gasteiger partial charge on any atom is 0.369 e. The van der Waals surface area contributed by atoms with Crippen molar-refractivity contribution in [2.24, 2.45) is 0 Å². The molecule has 0 aromatic carbocycles. The van der Waals surface area contributed by atoms with E-state index < -0.39 is 26.7 Å². The van der Waals surface area contributed by atoms with Crippen molar-refractivity contribution in [2.45, 2.75) is 17.9 Å². The van der Waals surface area contributed by atoms with Crippen molar-refractivity contribution in [1.29, 1.82) is 0 Å². The fourth-order valence-electron chi connectivity index (χ4n) is 1.94. The summed E-state index contributed by atoms with van der Waals surface area (Å²) in [4.78, 5) is 37.8. The Morgan fingerprint density at radius 1 is 1.05 bits per heavy atom. The Bertz CT molecular complexity index is 365. The zero-order valence-corrected chi connectivity index (χ0v) is 12.1. The van der Waals surface area contributed by atoms with Crippen molar-refractivity contribution < 1.29 is 33.8 Å². The minimum absolute atomic E-state index is 0.0900.